The number of hydrogen-bond donors (Lipinski definition) is 1. The van der Waals surface area contributed by atoms with Crippen LogP contribution in [0.5, 0.6) is 5.75 Å². The number of carbonyl (C=O) groups is 1. The molecule has 23 heavy (non-hydrogen) atoms. The molecule has 1 aliphatic rings. The molecule has 0 amide bonds. The number of esters is 1. The monoisotopic (exact) mass is 317 g/mol. The lowest BCUT2D eigenvalue weighted by atomic mass is 10.3. The maximum absolute atomic E-state index is 11.7. The van der Waals surface area contributed by atoms with E-state index in [1.807, 2.05) is 6.07 Å². The molecule has 3 rings (SSSR count). The van der Waals surface area contributed by atoms with E-state index in [0.29, 0.717) is 24.6 Å². The summed E-state index contributed by atoms with van der Waals surface area (Å²) in [6, 6.07) is 3.65. The second-order valence-electron chi connectivity index (χ2n) is 5.76. The van der Waals surface area contributed by atoms with Crippen molar-refractivity contribution in [2.45, 2.75) is 26.2 Å². The number of fused-ring (bicyclic) bond motifs is 1. The van der Waals surface area contributed by atoms with Gasteiger partial charge in [0.2, 0.25) is 0 Å². The molecule has 3 heterocycles. The molecule has 0 atom stereocenters. The Morgan fingerprint density at radius 2 is 2.17 bits per heavy atom. The number of pyridine rings is 1. The van der Waals surface area contributed by atoms with Gasteiger partial charge in [-0.1, -0.05) is 0 Å². The number of nitrogens with zero attached hydrogens (tertiary/aromatic N) is 2. The maximum Gasteiger partial charge on any atom is 0.354 e. The van der Waals surface area contributed by atoms with Gasteiger partial charge in [0.05, 0.1) is 19.4 Å². The van der Waals surface area contributed by atoms with Crippen molar-refractivity contribution in [2.24, 2.45) is 0 Å². The van der Waals surface area contributed by atoms with Crippen molar-refractivity contribution in [3.8, 4) is 5.75 Å². The van der Waals surface area contributed by atoms with Gasteiger partial charge in [-0.3, -0.25) is 0 Å². The van der Waals surface area contributed by atoms with E-state index in [2.05, 4.69) is 14.9 Å². The minimum Gasteiger partial charge on any atom is -0.492 e. The molecule has 0 saturated carbocycles. The smallest absolute Gasteiger partial charge is 0.354 e. The van der Waals surface area contributed by atoms with E-state index in [4.69, 9.17) is 9.47 Å². The van der Waals surface area contributed by atoms with Crippen LogP contribution in [0.3, 0.4) is 0 Å². The number of nitrogens with one attached hydrogen (secondary N) is 1. The lowest BCUT2D eigenvalue weighted by molar-refractivity contribution is 0.0520. The number of rotatable bonds is 7. The molecule has 0 aliphatic carbocycles. The van der Waals surface area contributed by atoms with Gasteiger partial charge in [0.25, 0.3) is 0 Å². The van der Waals surface area contributed by atoms with Crippen LogP contribution in [0.1, 0.15) is 36.7 Å². The van der Waals surface area contributed by atoms with Crippen LogP contribution in [0.25, 0.3) is 11.0 Å². The summed E-state index contributed by atoms with van der Waals surface area (Å²) in [6.07, 6.45) is 5.33. The SMILES string of the molecule is CCOC(=O)c1cc2cc(OCCCN3CCCC3)cnc2[nH]1. The molecule has 1 aliphatic heterocycles. The van der Waals surface area contributed by atoms with Gasteiger partial charge in [-0.05, 0) is 51.4 Å². The third kappa shape index (κ3) is 4.01. The van der Waals surface area contributed by atoms with Gasteiger partial charge in [-0.15, -0.1) is 0 Å². The summed E-state index contributed by atoms with van der Waals surface area (Å²) in [4.78, 5) is 21.5. The molecular weight excluding hydrogens is 294 g/mol. The molecule has 1 N–H and O–H groups in total. The Kier molecular flexibility index (Phi) is 5.12. The van der Waals surface area contributed by atoms with Crippen LogP contribution >= 0.6 is 0 Å². The van der Waals surface area contributed by atoms with E-state index in [-0.39, 0.29) is 5.97 Å². The number of carbonyl (C=O) groups excluding carboxylic acids is 1. The average molecular weight is 317 g/mol. The van der Waals surface area contributed by atoms with E-state index in [0.717, 1.165) is 24.1 Å². The van der Waals surface area contributed by atoms with Crippen molar-refractivity contribution in [3.05, 3.63) is 24.0 Å². The van der Waals surface area contributed by atoms with Crippen molar-refractivity contribution in [2.75, 3.05) is 32.8 Å². The zero-order chi connectivity index (χ0) is 16.1. The second kappa shape index (κ2) is 7.46. The summed E-state index contributed by atoms with van der Waals surface area (Å²) in [5.41, 5.74) is 1.08. The van der Waals surface area contributed by atoms with E-state index >= 15 is 0 Å². The van der Waals surface area contributed by atoms with Crippen molar-refractivity contribution in [1.82, 2.24) is 14.9 Å². The third-order valence-electron chi connectivity index (χ3n) is 4.03. The second-order valence-corrected chi connectivity index (χ2v) is 5.76. The predicted octanol–water partition coefficient (Wildman–Crippen LogP) is 2.60. The predicted molar refractivity (Wildman–Crippen MR) is 87.8 cm³/mol. The van der Waals surface area contributed by atoms with E-state index in [1.54, 1.807) is 19.2 Å². The molecule has 2 aromatic rings. The molecule has 6 heteroatoms. The first-order chi connectivity index (χ1) is 11.3. The highest BCUT2D eigenvalue weighted by atomic mass is 16.5. The van der Waals surface area contributed by atoms with Crippen molar-refractivity contribution < 1.29 is 14.3 Å². The summed E-state index contributed by atoms with van der Waals surface area (Å²) >= 11 is 0. The fourth-order valence-electron chi connectivity index (χ4n) is 2.88. The zero-order valence-electron chi connectivity index (χ0n) is 13.5. The minimum absolute atomic E-state index is 0.354. The van der Waals surface area contributed by atoms with Crippen LogP contribution in [0.15, 0.2) is 18.3 Å². The molecular formula is C17H23N3O3. The van der Waals surface area contributed by atoms with Gasteiger partial charge in [0.15, 0.2) is 0 Å². The zero-order valence-corrected chi connectivity index (χ0v) is 13.5. The van der Waals surface area contributed by atoms with Crippen molar-refractivity contribution in [3.63, 3.8) is 0 Å². The Labute approximate surface area is 135 Å². The number of aromatic amines is 1. The quantitative estimate of drug-likeness (QED) is 0.628. The van der Waals surface area contributed by atoms with Crippen molar-refractivity contribution >= 4 is 17.0 Å². The van der Waals surface area contributed by atoms with Crippen LogP contribution in [-0.2, 0) is 4.74 Å². The molecule has 1 fully saturated rings. The number of aromatic nitrogens is 2. The van der Waals surface area contributed by atoms with Gasteiger partial charge in [-0.2, -0.15) is 0 Å². The summed E-state index contributed by atoms with van der Waals surface area (Å²) in [5.74, 6) is 0.368. The van der Waals surface area contributed by atoms with E-state index in [9.17, 15) is 4.79 Å². The van der Waals surface area contributed by atoms with Gasteiger partial charge in [-0.25, -0.2) is 9.78 Å². The lowest BCUT2D eigenvalue weighted by Crippen LogP contribution is -2.21. The molecule has 2 aromatic heterocycles. The Morgan fingerprint density at radius 3 is 2.96 bits per heavy atom. The maximum atomic E-state index is 11.7. The standard InChI is InChI=1S/C17H23N3O3/c1-2-22-17(21)15-11-13-10-14(12-18-16(13)19-15)23-9-5-8-20-6-3-4-7-20/h10-12H,2-9H2,1H3,(H,18,19). The Bertz CT molecular complexity index is 662. The van der Waals surface area contributed by atoms with Crippen LogP contribution in [0.2, 0.25) is 0 Å². The van der Waals surface area contributed by atoms with Crippen LogP contribution in [-0.4, -0.2) is 53.7 Å². The van der Waals surface area contributed by atoms with Gasteiger partial charge in [0, 0.05) is 11.9 Å². The highest BCUT2D eigenvalue weighted by molar-refractivity contribution is 5.93. The molecule has 0 unspecified atom stereocenters. The summed E-state index contributed by atoms with van der Waals surface area (Å²) in [6.45, 7) is 6.34. The molecule has 0 bridgehead atoms. The van der Waals surface area contributed by atoms with E-state index < -0.39 is 0 Å². The van der Waals surface area contributed by atoms with Gasteiger partial charge in [0.1, 0.15) is 17.1 Å². The highest BCUT2D eigenvalue weighted by Gasteiger charge is 2.12. The third-order valence-corrected chi connectivity index (χ3v) is 4.03. The molecule has 6 nitrogen and oxygen atoms in total. The lowest BCUT2D eigenvalue weighted by Gasteiger charge is -2.14. The average Bonchev–Trinajstić information content (AvgIpc) is 3.20. The van der Waals surface area contributed by atoms with Crippen LogP contribution in [0, 0.1) is 0 Å². The molecule has 0 radical (unpaired) electrons. The molecule has 0 aromatic carbocycles. The normalized spacial score (nSPS) is 15.2. The number of ether oxygens (including phenoxy) is 2. The number of hydrogen-bond acceptors (Lipinski definition) is 5. The fourth-order valence-corrected chi connectivity index (χ4v) is 2.88. The molecule has 1 saturated heterocycles. The van der Waals surface area contributed by atoms with Crippen LogP contribution in [0.4, 0.5) is 0 Å². The summed E-state index contributed by atoms with van der Waals surface area (Å²) < 4.78 is 10.8. The van der Waals surface area contributed by atoms with E-state index in [1.165, 1.54) is 25.9 Å². The number of likely N-dealkylation sites (tertiary alicyclic amines) is 1. The highest BCUT2D eigenvalue weighted by Crippen LogP contribution is 2.20. The summed E-state index contributed by atoms with van der Waals surface area (Å²) in [5, 5.41) is 0.852. The first-order valence-corrected chi connectivity index (χ1v) is 8.27. The largest absolute Gasteiger partial charge is 0.492 e. The van der Waals surface area contributed by atoms with Crippen molar-refractivity contribution in [1.29, 1.82) is 0 Å². The fraction of sp³-hybridized carbons (Fsp3) is 0.529. The van der Waals surface area contributed by atoms with Gasteiger partial charge >= 0.3 is 5.97 Å². The topological polar surface area (TPSA) is 67.5 Å². The first kappa shape index (κ1) is 15.8. The van der Waals surface area contributed by atoms with Crippen LogP contribution < -0.4 is 4.74 Å². The minimum atomic E-state index is -0.362. The Balaban J connectivity index is 1.55. The Morgan fingerprint density at radius 1 is 1.35 bits per heavy atom. The van der Waals surface area contributed by atoms with Gasteiger partial charge < -0.3 is 19.4 Å². The molecule has 0 spiro atoms. The first-order valence-electron chi connectivity index (χ1n) is 8.27. The number of H-pyrrole nitrogens is 1. The molecule has 124 valence electrons. The summed E-state index contributed by atoms with van der Waals surface area (Å²) in [7, 11) is 0. The Hall–Kier alpha value is -2.08.